The van der Waals surface area contributed by atoms with Gasteiger partial charge >= 0.3 is 11.9 Å². The molecule has 0 amide bonds. The van der Waals surface area contributed by atoms with Crippen LogP contribution in [0.1, 0.15) is 70.8 Å². The fourth-order valence-electron chi connectivity index (χ4n) is 2.14. The van der Waals surface area contributed by atoms with Gasteiger partial charge in [0, 0.05) is 38.2 Å². The van der Waals surface area contributed by atoms with Crippen LogP contribution in [0.2, 0.25) is 0 Å². The second-order valence-corrected chi connectivity index (χ2v) is 6.56. The molecule has 1 aromatic rings. The Hall–Kier alpha value is -3.24. The minimum Gasteiger partial charge on any atom is -0.481 e. The van der Waals surface area contributed by atoms with Gasteiger partial charge in [0.2, 0.25) is 0 Å². The number of benzene rings is 1. The van der Waals surface area contributed by atoms with E-state index < -0.39 is 5.97 Å². The lowest BCUT2D eigenvalue weighted by Gasteiger charge is -1.92. The van der Waals surface area contributed by atoms with Crippen molar-refractivity contribution in [2.45, 2.75) is 65.2 Å². The van der Waals surface area contributed by atoms with E-state index in [4.69, 9.17) is 9.84 Å². The zero-order valence-electron chi connectivity index (χ0n) is 18.7. The lowest BCUT2D eigenvalue weighted by atomic mass is 10.2. The Kier molecular flexibility index (Phi) is 19.2. The molecule has 0 atom stereocenters. The third-order valence-corrected chi connectivity index (χ3v) is 3.72. The van der Waals surface area contributed by atoms with Crippen molar-refractivity contribution in [3.8, 4) is 23.7 Å². The second kappa shape index (κ2) is 21.5. The Morgan fingerprint density at radius 1 is 0.968 bits per heavy atom. The number of allylic oxidation sites excluding steroid dienone is 3. The van der Waals surface area contributed by atoms with Gasteiger partial charge in [0.1, 0.15) is 6.61 Å². The lowest BCUT2D eigenvalue weighted by Crippen LogP contribution is -1.97. The average Bonchev–Trinajstić information content (AvgIpc) is 2.75. The molecule has 0 aromatic heterocycles. The summed E-state index contributed by atoms with van der Waals surface area (Å²) in [4.78, 5) is 20.6. The van der Waals surface area contributed by atoms with Gasteiger partial charge < -0.3 is 9.84 Å². The Morgan fingerprint density at radius 2 is 1.68 bits per heavy atom. The molecule has 0 saturated carbocycles. The SMILES string of the molecule is CCCCCC#CC/C=C/COC(C)=O.O=C(O)CC/C=C/CC#Cc1ccccc1. The third kappa shape index (κ3) is 22.9. The first-order valence-corrected chi connectivity index (χ1v) is 10.7. The van der Waals surface area contributed by atoms with E-state index in [1.54, 1.807) is 0 Å². The van der Waals surface area contributed by atoms with Crippen molar-refractivity contribution in [1.29, 1.82) is 0 Å². The van der Waals surface area contributed by atoms with E-state index in [9.17, 15) is 9.59 Å². The predicted molar refractivity (Wildman–Crippen MR) is 126 cm³/mol. The molecular weight excluding hydrogens is 388 g/mol. The third-order valence-electron chi connectivity index (χ3n) is 3.72. The summed E-state index contributed by atoms with van der Waals surface area (Å²) in [5, 5.41) is 8.40. The molecule has 4 heteroatoms. The zero-order valence-corrected chi connectivity index (χ0v) is 18.7. The molecule has 0 aliphatic heterocycles. The van der Waals surface area contributed by atoms with Crippen molar-refractivity contribution < 1.29 is 19.4 Å². The molecule has 0 aliphatic rings. The molecule has 1 N–H and O–H groups in total. The first-order chi connectivity index (χ1) is 15.1. The second-order valence-electron chi connectivity index (χ2n) is 6.56. The van der Waals surface area contributed by atoms with Crippen LogP contribution in [-0.4, -0.2) is 23.7 Å². The van der Waals surface area contributed by atoms with Crippen LogP contribution in [0.25, 0.3) is 0 Å². The summed E-state index contributed by atoms with van der Waals surface area (Å²) in [6, 6.07) is 9.78. The highest BCUT2D eigenvalue weighted by Gasteiger charge is 1.90. The van der Waals surface area contributed by atoms with E-state index in [0.29, 0.717) is 19.4 Å². The van der Waals surface area contributed by atoms with Gasteiger partial charge in [0.25, 0.3) is 0 Å². The van der Waals surface area contributed by atoms with Crippen LogP contribution in [-0.2, 0) is 14.3 Å². The predicted octanol–water partition coefficient (Wildman–Crippen LogP) is 5.93. The molecule has 0 heterocycles. The summed E-state index contributed by atoms with van der Waals surface area (Å²) < 4.78 is 4.73. The maximum Gasteiger partial charge on any atom is 0.303 e. The fraction of sp³-hybridized carbons (Fsp3) is 0.407. The number of carbonyl (C=O) groups excluding carboxylic acids is 1. The van der Waals surface area contributed by atoms with Crippen LogP contribution in [0, 0.1) is 23.7 Å². The van der Waals surface area contributed by atoms with Gasteiger partial charge in [-0.2, -0.15) is 0 Å². The molecule has 0 bridgehead atoms. The van der Waals surface area contributed by atoms with E-state index >= 15 is 0 Å². The quantitative estimate of drug-likeness (QED) is 0.220. The van der Waals surface area contributed by atoms with Gasteiger partial charge in [-0.1, -0.05) is 80.0 Å². The van der Waals surface area contributed by atoms with Crippen LogP contribution < -0.4 is 0 Å². The lowest BCUT2D eigenvalue weighted by molar-refractivity contribution is -0.140. The smallest absolute Gasteiger partial charge is 0.303 e. The molecule has 31 heavy (non-hydrogen) atoms. The fourth-order valence-corrected chi connectivity index (χ4v) is 2.14. The number of rotatable bonds is 10. The zero-order chi connectivity index (χ0) is 23.0. The number of carboxylic acid groups (broad SMARTS) is 1. The summed E-state index contributed by atoms with van der Waals surface area (Å²) in [5.74, 6) is 11.2. The van der Waals surface area contributed by atoms with Crippen LogP contribution in [0.5, 0.6) is 0 Å². The Balaban J connectivity index is 0.000000582. The molecule has 0 fully saturated rings. The van der Waals surface area contributed by atoms with Crippen molar-refractivity contribution in [3.63, 3.8) is 0 Å². The number of carboxylic acids is 1. The Labute approximate surface area is 187 Å². The molecule has 0 unspecified atom stereocenters. The van der Waals surface area contributed by atoms with Crippen molar-refractivity contribution in [3.05, 3.63) is 60.2 Å². The number of hydrogen-bond acceptors (Lipinski definition) is 3. The highest BCUT2D eigenvalue weighted by Crippen LogP contribution is 1.97. The van der Waals surface area contributed by atoms with Gasteiger partial charge in [-0.15, -0.1) is 5.92 Å². The first kappa shape index (κ1) is 27.8. The highest BCUT2D eigenvalue weighted by atomic mass is 16.5. The average molecular weight is 423 g/mol. The van der Waals surface area contributed by atoms with E-state index in [2.05, 4.69) is 30.6 Å². The standard InChI is InChI=1S/C14H14O2.C13H20O2/c15-14(16)12-8-3-1-2-5-9-13-10-6-4-7-11-13;1-3-4-5-6-7-8-9-10-11-12-15-13(2)14/h1,3-4,6-7,10-11H,2,8,12H2,(H,15,16);10-11H,3-6,9,12H2,1-2H3/b3-1+;11-10+. The van der Waals surface area contributed by atoms with Gasteiger partial charge in [0.15, 0.2) is 0 Å². The maximum absolute atomic E-state index is 10.4. The van der Waals surface area contributed by atoms with Crippen LogP contribution in [0.4, 0.5) is 0 Å². The van der Waals surface area contributed by atoms with E-state index in [0.717, 1.165) is 18.4 Å². The number of aliphatic carboxylic acids is 1. The molecule has 166 valence electrons. The molecule has 0 saturated heterocycles. The van der Waals surface area contributed by atoms with Gasteiger partial charge in [-0.25, -0.2) is 0 Å². The minimum atomic E-state index is -0.764. The number of ether oxygens (including phenoxy) is 1. The van der Waals surface area contributed by atoms with Gasteiger partial charge in [0.05, 0.1) is 0 Å². The molecule has 0 radical (unpaired) electrons. The monoisotopic (exact) mass is 422 g/mol. The Bertz CT molecular complexity index is 783. The maximum atomic E-state index is 10.4. The summed E-state index contributed by atoms with van der Waals surface area (Å²) in [6.45, 7) is 3.94. The van der Waals surface area contributed by atoms with E-state index in [1.165, 1.54) is 26.2 Å². The van der Waals surface area contributed by atoms with Crippen molar-refractivity contribution in [2.24, 2.45) is 0 Å². The molecule has 0 spiro atoms. The van der Waals surface area contributed by atoms with Crippen molar-refractivity contribution in [2.75, 3.05) is 6.61 Å². The van der Waals surface area contributed by atoms with Gasteiger partial charge in [-0.05, 0) is 25.0 Å². The summed E-state index contributed by atoms with van der Waals surface area (Å²) >= 11 is 0. The minimum absolute atomic E-state index is 0.183. The largest absolute Gasteiger partial charge is 0.481 e. The summed E-state index contributed by atoms with van der Waals surface area (Å²) in [6.07, 6.45) is 14.4. The van der Waals surface area contributed by atoms with Crippen molar-refractivity contribution in [1.82, 2.24) is 0 Å². The summed E-state index contributed by atoms with van der Waals surface area (Å²) in [7, 11) is 0. The first-order valence-electron chi connectivity index (χ1n) is 10.7. The normalized spacial score (nSPS) is 9.74. The van der Waals surface area contributed by atoms with E-state index in [-0.39, 0.29) is 12.4 Å². The molecule has 1 aromatic carbocycles. The molecular formula is C27H34O4. The molecule has 1 rings (SSSR count). The van der Waals surface area contributed by atoms with Gasteiger partial charge in [-0.3, -0.25) is 9.59 Å². The van der Waals surface area contributed by atoms with Crippen LogP contribution >= 0.6 is 0 Å². The Morgan fingerprint density at radius 3 is 2.35 bits per heavy atom. The summed E-state index contributed by atoms with van der Waals surface area (Å²) in [5.41, 5.74) is 1.00. The van der Waals surface area contributed by atoms with Crippen LogP contribution in [0.15, 0.2) is 54.6 Å². The highest BCUT2D eigenvalue weighted by molar-refractivity contribution is 5.66. The number of hydrogen-bond donors (Lipinski definition) is 1. The molecule has 0 aliphatic carbocycles. The number of unbranched alkanes of at least 4 members (excludes halogenated alkanes) is 3. The van der Waals surface area contributed by atoms with E-state index in [1.807, 2.05) is 54.6 Å². The number of carbonyl (C=O) groups is 2. The number of esters is 1. The van der Waals surface area contributed by atoms with Crippen molar-refractivity contribution >= 4 is 11.9 Å². The molecule has 4 nitrogen and oxygen atoms in total. The van der Waals surface area contributed by atoms with Crippen LogP contribution in [0.3, 0.4) is 0 Å². The topological polar surface area (TPSA) is 63.6 Å².